The Morgan fingerprint density at radius 2 is 1.77 bits per heavy atom. The summed E-state index contributed by atoms with van der Waals surface area (Å²) in [5.41, 5.74) is 0. The van der Waals surface area contributed by atoms with E-state index in [0.717, 1.165) is 0 Å². The van der Waals surface area contributed by atoms with E-state index in [1.165, 1.54) is 13.8 Å². The van der Waals surface area contributed by atoms with E-state index in [2.05, 4.69) is 9.47 Å². The van der Waals surface area contributed by atoms with Crippen molar-refractivity contribution >= 4 is 11.9 Å². The highest BCUT2D eigenvalue weighted by molar-refractivity contribution is 5.66. The Bertz CT molecular complexity index is 177. The molecule has 0 bridgehead atoms. The molecule has 0 heterocycles. The van der Waals surface area contributed by atoms with Crippen molar-refractivity contribution in [2.75, 3.05) is 13.2 Å². The molecule has 5 nitrogen and oxygen atoms in total. The number of esters is 2. The van der Waals surface area contributed by atoms with E-state index in [4.69, 9.17) is 4.74 Å². The Morgan fingerprint density at radius 3 is 2.23 bits per heavy atom. The Labute approximate surface area is 77.0 Å². The number of rotatable bonds is 5. The van der Waals surface area contributed by atoms with Crippen molar-refractivity contribution in [3.05, 3.63) is 0 Å². The predicted octanol–water partition coefficient (Wildman–Crippen LogP) is 0.475. The van der Waals surface area contributed by atoms with Crippen LogP contribution in [0.1, 0.15) is 20.8 Å². The van der Waals surface area contributed by atoms with Crippen molar-refractivity contribution in [2.45, 2.75) is 27.1 Å². The van der Waals surface area contributed by atoms with Crippen LogP contribution in [0.25, 0.3) is 0 Å². The topological polar surface area (TPSA) is 61.8 Å². The molecule has 0 spiro atoms. The van der Waals surface area contributed by atoms with Gasteiger partial charge in [0, 0.05) is 13.8 Å². The zero-order valence-electron chi connectivity index (χ0n) is 8.03. The maximum Gasteiger partial charge on any atom is 0.304 e. The SMILES string of the molecule is CC(=O)OCCOC(C)OC(C)=O. The monoisotopic (exact) mass is 190 g/mol. The zero-order chi connectivity index (χ0) is 10.3. The number of hydrogen-bond donors (Lipinski definition) is 0. The largest absolute Gasteiger partial charge is 0.463 e. The summed E-state index contributed by atoms with van der Waals surface area (Å²) in [6, 6.07) is 0. The molecule has 5 heteroatoms. The van der Waals surface area contributed by atoms with Crippen LogP contribution in [-0.4, -0.2) is 31.4 Å². The van der Waals surface area contributed by atoms with Gasteiger partial charge in [0.1, 0.15) is 6.61 Å². The zero-order valence-corrected chi connectivity index (χ0v) is 8.03. The van der Waals surface area contributed by atoms with Crippen LogP contribution in [0, 0.1) is 0 Å². The Morgan fingerprint density at radius 1 is 1.15 bits per heavy atom. The van der Waals surface area contributed by atoms with Crippen LogP contribution in [0.3, 0.4) is 0 Å². The van der Waals surface area contributed by atoms with E-state index >= 15 is 0 Å². The fourth-order valence-corrected chi connectivity index (χ4v) is 0.667. The van der Waals surface area contributed by atoms with Crippen molar-refractivity contribution in [3.63, 3.8) is 0 Å². The van der Waals surface area contributed by atoms with E-state index in [9.17, 15) is 9.59 Å². The Kier molecular flexibility index (Phi) is 5.88. The second kappa shape index (κ2) is 6.42. The standard InChI is InChI=1S/C8H14O5/c1-6(9)11-4-5-12-8(3)13-7(2)10/h8H,4-5H2,1-3H3. The fraction of sp³-hybridized carbons (Fsp3) is 0.750. The molecule has 0 aromatic carbocycles. The van der Waals surface area contributed by atoms with Crippen LogP contribution in [0.15, 0.2) is 0 Å². The van der Waals surface area contributed by atoms with Gasteiger partial charge in [-0.2, -0.15) is 0 Å². The number of carbonyl (C=O) groups excluding carboxylic acids is 2. The highest BCUT2D eigenvalue weighted by Gasteiger charge is 2.04. The maximum atomic E-state index is 10.4. The minimum Gasteiger partial charge on any atom is -0.463 e. The van der Waals surface area contributed by atoms with E-state index in [-0.39, 0.29) is 19.2 Å². The van der Waals surface area contributed by atoms with Crippen molar-refractivity contribution in [3.8, 4) is 0 Å². The highest BCUT2D eigenvalue weighted by Crippen LogP contribution is 1.93. The molecule has 0 aliphatic heterocycles. The summed E-state index contributed by atoms with van der Waals surface area (Å²) < 4.78 is 14.2. The first-order chi connectivity index (χ1) is 6.02. The summed E-state index contributed by atoms with van der Waals surface area (Å²) in [5, 5.41) is 0. The third kappa shape index (κ3) is 8.81. The second-order valence-corrected chi connectivity index (χ2v) is 2.39. The average molecular weight is 190 g/mol. The molecule has 1 atom stereocenters. The molecule has 0 radical (unpaired) electrons. The number of carbonyl (C=O) groups is 2. The molecule has 13 heavy (non-hydrogen) atoms. The average Bonchev–Trinajstić information content (AvgIpc) is 1.96. The highest BCUT2D eigenvalue weighted by atomic mass is 16.7. The van der Waals surface area contributed by atoms with Gasteiger partial charge in [0.25, 0.3) is 0 Å². The lowest BCUT2D eigenvalue weighted by molar-refractivity contribution is -0.176. The Balaban J connectivity index is 3.31. The van der Waals surface area contributed by atoms with Crippen LogP contribution in [0.5, 0.6) is 0 Å². The molecule has 0 aliphatic carbocycles. The normalized spacial score (nSPS) is 11.9. The van der Waals surface area contributed by atoms with Gasteiger partial charge in [0.2, 0.25) is 0 Å². The van der Waals surface area contributed by atoms with E-state index in [0.29, 0.717) is 0 Å². The van der Waals surface area contributed by atoms with Crippen molar-refractivity contribution in [1.82, 2.24) is 0 Å². The lowest BCUT2D eigenvalue weighted by Crippen LogP contribution is -2.19. The summed E-state index contributed by atoms with van der Waals surface area (Å²) in [6.45, 7) is 4.59. The molecular formula is C8H14O5. The lowest BCUT2D eigenvalue weighted by atomic mass is 10.7. The van der Waals surface area contributed by atoms with Crippen LogP contribution in [0.2, 0.25) is 0 Å². The van der Waals surface area contributed by atoms with Gasteiger partial charge in [-0.1, -0.05) is 0 Å². The molecule has 0 aliphatic rings. The number of ether oxygens (including phenoxy) is 3. The summed E-state index contributed by atoms with van der Waals surface area (Å²) >= 11 is 0. The van der Waals surface area contributed by atoms with E-state index in [1.54, 1.807) is 6.92 Å². The van der Waals surface area contributed by atoms with Crippen LogP contribution >= 0.6 is 0 Å². The third-order valence-electron chi connectivity index (χ3n) is 1.07. The Hall–Kier alpha value is -1.10. The van der Waals surface area contributed by atoms with Gasteiger partial charge in [0.15, 0.2) is 6.29 Å². The first-order valence-corrected chi connectivity index (χ1v) is 3.94. The van der Waals surface area contributed by atoms with Crippen LogP contribution in [-0.2, 0) is 23.8 Å². The summed E-state index contributed by atoms with van der Waals surface area (Å²) in [7, 11) is 0. The summed E-state index contributed by atoms with van der Waals surface area (Å²) in [4.78, 5) is 20.7. The van der Waals surface area contributed by atoms with E-state index in [1.807, 2.05) is 0 Å². The molecule has 0 fully saturated rings. The van der Waals surface area contributed by atoms with Gasteiger partial charge in [-0.15, -0.1) is 0 Å². The molecule has 0 aromatic heterocycles. The molecule has 0 saturated heterocycles. The lowest BCUT2D eigenvalue weighted by Gasteiger charge is -2.12. The fourth-order valence-electron chi connectivity index (χ4n) is 0.667. The van der Waals surface area contributed by atoms with Gasteiger partial charge in [0.05, 0.1) is 6.61 Å². The molecule has 0 amide bonds. The van der Waals surface area contributed by atoms with Crippen molar-refractivity contribution in [1.29, 1.82) is 0 Å². The molecule has 76 valence electrons. The molecule has 0 saturated carbocycles. The summed E-state index contributed by atoms with van der Waals surface area (Å²) in [6.07, 6.45) is -0.604. The maximum absolute atomic E-state index is 10.4. The van der Waals surface area contributed by atoms with E-state index < -0.39 is 12.3 Å². The van der Waals surface area contributed by atoms with Gasteiger partial charge in [-0.3, -0.25) is 9.59 Å². The minimum atomic E-state index is -0.604. The van der Waals surface area contributed by atoms with Crippen molar-refractivity contribution < 1.29 is 23.8 Å². The second-order valence-electron chi connectivity index (χ2n) is 2.39. The van der Waals surface area contributed by atoms with Gasteiger partial charge in [-0.05, 0) is 6.92 Å². The van der Waals surface area contributed by atoms with Gasteiger partial charge in [-0.25, -0.2) is 0 Å². The minimum absolute atomic E-state index is 0.168. The number of hydrogen-bond acceptors (Lipinski definition) is 5. The van der Waals surface area contributed by atoms with Crippen LogP contribution < -0.4 is 0 Å². The van der Waals surface area contributed by atoms with Gasteiger partial charge < -0.3 is 14.2 Å². The van der Waals surface area contributed by atoms with Crippen molar-refractivity contribution in [2.24, 2.45) is 0 Å². The molecule has 1 unspecified atom stereocenters. The van der Waals surface area contributed by atoms with Gasteiger partial charge >= 0.3 is 11.9 Å². The van der Waals surface area contributed by atoms with Crippen LogP contribution in [0.4, 0.5) is 0 Å². The molecule has 0 N–H and O–H groups in total. The molecule has 0 rings (SSSR count). The quantitative estimate of drug-likeness (QED) is 0.358. The first kappa shape index (κ1) is 11.9. The third-order valence-corrected chi connectivity index (χ3v) is 1.07. The predicted molar refractivity (Wildman–Crippen MR) is 43.8 cm³/mol. The summed E-state index contributed by atoms with van der Waals surface area (Å²) in [5.74, 6) is -0.760. The molecule has 0 aromatic rings. The molecular weight excluding hydrogens is 176 g/mol. The smallest absolute Gasteiger partial charge is 0.304 e. The first-order valence-electron chi connectivity index (χ1n) is 3.94.